The second-order valence-electron chi connectivity index (χ2n) is 5.81. The van der Waals surface area contributed by atoms with E-state index in [-0.39, 0.29) is 18.1 Å². The van der Waals surface area contributed by atoms with Crippen molar-refractivity contribution in [3.63, 3.8) is 0 Å². The Bertz CT molecular complexity index is 478. The zero-order valence-electron chi connectivity index (χ0n) is 13.0. The van der Waals surface area contributed by atoms with Gasteiger partial charge in [0.25, 0.3) is 0 Å². The van der Waals surface area contributed by atoms with Crippen LogP contribution in [0.1, 0.15) is 25.5 Å². The highest BCUT2D eigenvalue weighted by molar-refractivity contribution is 6.31. The largest absolute Gasteiger partial charge is 0.387 e. The SMILES string of the molecule is CN(C)C(C)(C)CNC(=O)NCC(O)c1ccccc1Cl. The minimum atomic E-state index is -0.827. The van der Waals surface area contributed by atoms with E-state index >= 15 is 0 Å². The van der Waals surface area contributed by atoms with Crippen molar-refractivity contribution in [2.75, 3.05) is 27.2 Å². The molecule has 0 aliphatic rings. The van der Waals surface area contributed by atoms with Crippen molar-refractivity contribution in [3.8, 4) is 0 Å². The number of hydrogen-bond acceptors (Lipinski definition) is 3. The number of benzene rings is 1. The molecule has 0 aromatic heterocycles. The lowest BCUT2D eigenvalue weighted by Gasteiger charge is -2.32. The van der Waals surface area contributed by atoms with Gasteiger partial charge in [-0.2, -0.15) is 0 Å². The molecular weight excluding hydrogens is 290 g/mol. The van der Waals surface area contributed by atoms with E-state index in [2.05, 4.69) is 10.6 Å². The molecular formula is C15H24ClN3O2. The maximum Gasteiger partial charge on any atom is 0.314 e. The van der Waals surface area contributed by atoms with Crippen LogP contribution >= 0.6 is 11.6 Å². The average molecular weight is 314 g/mol. The molecule has 0 saturated carbocycles. The van der Waals surface area contributed by atoms with E-state index in [0.29, 0.717) is 17.1 Å². The maximum absolute atomic E-state index is 11.7. The minimum Gasteiger partial charge on any atom is -0.387 e. The highest BCUT2D eigenvalue weighted by Crippen LogP contribution is 2.21. The summed E-state index contributed by atoms with van der Waals surface area (Å²) in [6, 6.07) is 6.73. The number of rotatable bonds is 6. The van der Waals surface area contributed by atoms with Crippen LogP contribution in [0.15, 0.2) is 24.3 Å². The van der Waals surface area contributed by atoms with Crippen LogP contribution < -0.4 is 10.6 Å². The molecule has 2 amide bonds. The van der Waals surface area contributed by atoms with Gasteiger partial charge in [0, 0.05) is 29.2 Å². The number of halogens is 1. The van der Waals surface area contributed by atoms with E-state index in [1.807, 2.05) is 32.8 Å². The summed E-state index contributed by atoms with van der Waals surface area (Å²) in [7, 11) is 3.92. The fourth-order valence-electron chi connectivity index (χ4n) is 1.56. The van der Waals surface area contributed by atoms with Crippen LogP contribution in [0.3, 0.4) is 0 Å². The molecule has 0 radical (unpaired) electrons. The third kappa shape index (κ3) is 5.53. The van der Waals surface area contributed by atoms with Crippen molar-refractivity contribution in [3.05, 3.63) is 34.9 Å². The second kappa shape index (κ2) is 7.64. The average Bonchev–Trinajstić information content (AvgIpc) is 2.43. The van der Waals surface area contributed by atoms with Crippen molar-refractivity contribution in [1.29, 1.82) is 0 Å². The van der Waals surface area contributed by atoms with Gasteiger partial charge in [-0.1, -0.05) is 29.8 Å². The highest BCUT2D eigenvalue weighted by atomic mass is 35.5. The molecule has 3 N–H and O–H groups in total. The number of carbonyl (C=O) groups excluding carboxylic acids is 1. The van der Waals surface area contributed by atoms with Gasteiger partial charge in [-0.3, -0.25) is 0 Å². The first kappa shape index (κ1) is 17.8. The normalized spacial score (nSPS) is 13.1. The molecule has 1 atom stereocenters. The molecule has 0 heterocycles. The summed E-state index contributed by atoms with van der Waals surface area (Å²) in [5.74, 6) is 0. The Hall–Kier alpha value is -1.30. The third-order valence-electron chi connectivity index (χ3n) is 3.61. The Morgan fingerprint density at radius 2 is 1.95 bits per heavy atom. The van der Waals surface area contributed by atoms with E-state index < -0.39 is 6.10 Å². The fourth-order valence-corrected chi connectivity index (χ4v) is 1.82. The molecule has 0 bridgehead atoms. The van der Waals surface area contributed by atoms with Gasteiger partial charge in [-0.05, 0) is 34.0 Å². The summed E-state index contributed by atoms with van der Waals surface area (Å²) in [4.78, 5) is 13.8. The first-order valence-electron chi connectivity index (χ1n) is 6.85. The molecule has 0 spiro atoms. The van der Waals surface area contributed by atoms with E-state index in [4.69, 9.17) is 11.6 Å². The van der Waals surface area contributed by atoms with Gasteiger partial charge in [0.15, 0.2) is 0 Å². The molecule has 0 saturated heterocycles. The number of likely N-dealkylation sites (N-methyl/N-ethyl adjacent to an activating group) is 1. The van der Waals surface area contributed by atoms with Crippen molar-refractivity contribution >= 4 is 17.6 Å². The number of nitrogens with one attached hydrogen (secondary N) is 2. The number of nitrogens with zero attached hydrogens (tertiary/aromatic N) is 1. The summed E-state index contributed by atoms with van der Waals surface area (Å²) in [5, 5.41) is 16.0. The zero-order chi connectivity index (χ0) is 16.0. The second-order valence-corrected chi connectivity index (χ2v) is 6.21. The summed E-state index contributed by atoms with van der Waals surface area (Å²) in [6.45, 7) is 4.68. The number of urea groups is 1. The molecule has 6 heteroatoms. The topological polar surface area (TPSA) is 64.6 Å². The van der Waals surface area contributed by atoms with Crippen molar-refractivity contribution < 1.29 is 9.90 Å². The number of amides is 2. The number of carbonyl (C=O) groups is 1. The lowest BCUT2D eigenvalue weighted by atomic mass is 10.0. The molecule has 1 aromatic rings. The maximum atomic E-state index is 11.7. The third-order valence-corrected chi connectivity index (χ3v) is 3.96. The Morgan fingerprint density at radius 1 is 1.33 bits per heavy atom. The molecule has 5 nitrogen and oxygen atoms in total. The lowest BCUT2D eigenvalue weighted by molar-refractivity contribution is 0.168. The van der Waals surface area contributed by atoms with Gasteiger partial charge in [0.05, 0.1) is 6.10 Å². The van der Waals surface area contributed by atoms with Crippen molar-refractivity contribution in [2.45, 2.75) is 25.5 Å². The summed E-state index contributed by atoms with van der Waals surface area (Å²) in [6.07, 6.45) is -0.827. The molecule has 0 fully saturated rings. The molecule has 0 aliphatic carbocycles. The predicted molar refractivity (Wildman–Crippen MR) is 85.6 cm³/mol. The predicted octanol–water partition coefficient (Wildman–Crippen LogP) is 2.01. The molecule has 0 aliphatic heterocycles. The van der Waals surface area contributed by atoms with Crippen LogP contribution in [0.5, 0.6) is 0 Å². The van der Waals surface area contributed by atoms with Gasteiger partial charge in [-0.15, -0.1) is 0 Å². The Kier molecular flexibility index (Phi) is 6.45. The van der Waals surface area contributed by atoms with Gasteiger partial charge in [-0.25, -0.2) is 4.79 Å². The van der Waals surface area contributed by atoms with Crippen LogP contribution in [0, 0.1) is 0 Å². The smallest absolute Gasteiger partial charge is 0.314 e. The number of hydrogen-bond donors (Lipinski definition) is 3. The van der Waals surface area contributed by atoms with Crippen molar-refractivity contribution in [1.82, 2.24) is 15.5 Å². The summed E-state index contributed by atoms with van der Waals surface area (Å²) in [5.41, 5.74) is 0.465. The molecule has 1 unspecified atom stereocenters. The van der Waals surface area contributed by atoms with Crippen LogP contribution in [0.2, 0.25) is 5.02 Å². The van der Waals surface area contributed by atoms with Gasteiger partial charge in [0.1, 0.15) is 0 Å². The number of aliphatic hydroxyl groups excluding tert-OH is 1. The van der Waals surface area contributed by atoms with Gasteiger partial charge >= 0.3 is 6.03 Å². The van der Waals surface area contributed by atoms with Crippen LogP contribution in [0.25, 0.3) is 0 Å². The standard InChI is InChI=1S/C15H24ClN3O2/c1-15(2,19(3)4)10-18-14(21)17-9-13(20)11-7-5-6-8-12(11)16/h5-8,13,20H,9-10H2,1-4H3,(H2,17,18,21). The Morgan fingerprint density at radius 3 is 2.52 bits per heavy atom. The monoisotopic (exact) mass is 313 g/mol. The first-order chi connectivity index (χ1) is 9.74. The number of aliphatic hydroxyl groups is 1. The lowest BCUT2D eigenvalue weighted by Crippen LogP contribution is -2.50. The minimum absolute atomic E-state index is 0.109. The highest BCUT2D eigenvalue weighted by Gasteiger charge is 2.21. The molecule has 21 heavy (non-hydrogen) atoms. The fraction of sp³-hybridized carbons (Fsp3) is 0.533. The van der Waals surface area contributed by atoms with E-state index in [1.54, 1.807) is 24.3 Å². The van der Waals surface area contributed by atoms with Crippen molar-refractivity contribution in [2.24, 2.45) is 0 Å². The zero-order valence-corrected chi connectivity index (χ0v) is 13.7. The quantitative estimate of drug-likeness (QED) is 0.753. The van der Waals surface area contributed by atoms with Crippen LogP contribution in [-0.4, -0.2) is 48.8 Å². The Balaban J connectivity index is 2.42. The van der Waals surface area contributed by atoms with Gasteiger partial charge in [0.2, 0.25) is 0 Å². The van der Waals surface area contributed by atoms with E-state index in [9.17, 15) is 9.90 Å². The molecule has 1 aromatic carbocycles. The first-order valence-corrected chi connectivity index (χ1v) is 7.23. The molecule has 118 valence electrons. The van der Waals surface area contributed by atoms with Crippen LogP contribution in [0.4, 0.5) is 4.79 Å². The van der Waals surface area contributed by atoms with Crippen LogP contribution in [-0.2, 0) is 0 Å². The Labute approximate surface area is 131 Å². The summed E-state index contributed by atoms with van der Waals surface area (Å²) >= 11 is 6.00. The molecule has 1 rings (SSSR count). The van der Waals surface area contributed by atoms with E-state index in [0.717, 1.165) is 0 Å². The summed E-state index contributed by atoms with van der Waals surface area (Å²) < 4.78 is 0. The van der Waals surface area contributed by atoms with Gasteiger partial charge < -0.3 is 20.6 Å². The van der Waals surface area contributed by atoms with E-state index in [1.165, 1.54) is 0 Å².